The molecule has 2 aromatic rings. The normalized spacial score (nSPS) is 18.5. The molecule has 0 bridgehead atoms. The third kappa shape index (κ3) is 3.33. The number of ether oxygens (including phenoxy) is 1. The first-order valence-corrected chi connectivity index (χ1v) is 9.87. The van der Waals surface area contributed by atoms with Gasteiger partial charge in [0.15, 0.2) is 6.10 Å². The van der Waals surface area contributed by atoms with Gasteiger partial charge in [-0.25, -0.2) is 8.42 Å². The van der Waals surface area contributed by atoms with Crippen LogP contribution in [0.1, 0.15) is 18.9 Å². The lowest BCUT2D eigenvalue weighted by molar-refractivity contribution is -0.122. The summed E-state index contributed by atoms with van der Waals surface area (Å²) in [6.07, 6.45) is 0.216. The lowest BCUT2D eigenvalue weighted by atomic mass is 10.0. The highest BCUT2D eigenvalue weighted by molar-refractivity contribution is 7.92. The Morgan fingerprint density at radius 2 is 1.85 bits per heavy atom. The maximum Gasteiger partial charge on any atom is 0.265 e. The van der Waals surface area contributed by atoms with Crippen LogP contribution in [0.4, 0.5) is 17.1 Å². The van der Waals surface area contributed by atoms with E-state index in [9.17, 15) is 18.0 Å². The van der Waals surface area contributed by atoms with Gasteiger partial charge in [0.25, 0.3) is 15.9 Å². The topological polar surface area (TPSA) is 114 Å². The van der Waals surface area contributed by atoms with Gasteiger partial charge < -0.3 is 15.4 Å². The van der Waals surface area contributed by atoms with Crippen LogP contribution in [-0.2, 0) is 26.0 Å². The van der Waals surface area contributed by atoms with Crippen LogP contribution >= 0.6 is 0 Å². The number of benzene rings is 2. The zero-order valence-electron chi connectivity index (χ0n) is 14.4. The van der Waals surface area contributed by atoms with Crippen molar-refractivity contribution in [1.82, 2.24) is 0 Å². The molecule has 0 unspecified atom stereocenters. The van der Waals surface area contributed by atoms with Gasteiger partial charge in [0.05, 0.1) is 16.3 Å². The number of carbonyl (C=O) groups excluding carboxylic acids is 2. The summed E-state index contributed by atoms with van der Waals surface area (Å²) in [5, 5.41) is 5.40. The summed E-state index contributed by atoms with van der Waals surface area (Å²) in [5.74, 6) is 0.109. The predicted octanol–water partition coefficient (Wildman–Crippen LogP) is 2.09. The van der Waals surface area contributed by atoms with Crippen molar-refractivity contribution in [2.75, 3.05) is 15.4 Å². The van der Waals surface area contributed by atoms with Gasteiger partial charge in [-0.3, -0.25) is 14.3 Å². The van der Waals surface area contributed by atoms with E-state index in [2.05, 4.69) is 15.4 Å². The van der Waals surface area contributed by atoms with E-state index in [1.807, 2.05) is 0 Å². The summed E-state index contributed by atoms with van der Waals surface area (Å²) in [4.78, 5) is 23.3. The molecule has 2 amide bonds. The Labute approximate surface area is 156 Å². The standard InChI is InChI=1S/C18H17N3O5S/c1-10-18(23)20-15-9-12(3-6-16(15)26-10)21-27(24,25)13-4-5-14-11(8-13)2-7-17(22)19-14/h3-6,8-10,21H,2,7H2,1H3,(H,19,22)(H,20,23)/t10-/m1/s1. The fourth-order valence-corrected chi connectivity index (χ4v) is 4.11. The number of hydrogen-bond donors (Lipinski definition) is 3. The molecule has 0 fully saturated rings. The minimum Gasteiger partial charge on any atom is -0.479 e. The lowest BCUT2D eigenvalue weighted by Crippen LogP contribution is -2.34. The maximum atomic E-state index is 12.7. The minimum absolute atomic E-state index is 0.0797. The molecule has 8 nitrogen and oxygen atoms in total. The van der Waals surface area contributed by atoms with E-state index in [4.69, 9.17) is 4.74 Å². The Hall–Kier alpha value is -3.07. The second-order valence-electron chi connectivity index (χ2n) is 6.43. The molecule has 1 atom stereocenters. The van der Waals surface area contributed by atoms with Gasteiger partial charge in [-0.2, -0.15) is 0 Å². The van der Waals surface area contributed by atoms with E-state index >= 15 is 0 Å². The summed E-state index contributed by atoms with van der Waals surface area (Å²) in [6, 6.07) is 9.27. The molecule has 2 aromatic carbocycles. The van der Waals surface area contributed by atoms with E-state index in [0.29, 0.717) is 35.7 Å². The van der Waals surface area contributed by atoms with Gasteiger partial charge in [-0.1, -0.05) is 0 Å². The van der Waals surface area contributed by atoms with Gasteiger partial charge in [-0.05, 0) is 55.3 Å². The van der Waals surface area contributed by atoms with Crippen LogP contribution in [0.25, 0.3) is 0 Å². The third-order valence-electron chi connectivity index (χ3n) is 4.45. The molecule has 0 saturated carbocycles. The SMILES string of the molecule is C[C@H]1Oc2ccc(NS(=O)(=O)c3ccc4c(c3)CCC(=O)N4)cc2NC1=O. The Balaban J connectivity index is 1.60. The molecular weight excluding hydrogens is 370 g/mol. The summed E-state index contributed by atoms with van der Waals surface area (Å²) in [6.45, 7) is 1.63. The predicted molar refractivity (Wildman–Crippen MR) is 99.4 cm³/mol. The molecular formula is C18H17N3O5S. The molecule has 0 saturated heterocycles. The van der Waals surface area contributed by atoms with Gasteiger partial charge in [-0.15, -0.1) is 0 Å². The molecule has 0 spiro atoms. The zero-order chi connectivity index (χ0) is 19.2. The van der Waals surface area contributed by atoms with Crippen LogP contribution in [0.5, 0.6) is 5.75 Å². The Bertz CT molecular complexity index is 1060. The van der Waals surface area contributed by atoms with Crippen molar-refractivity contribution >= 4 is 38.9 Å². The van der Waals surface area contributed by atoms with E-state index in [1.165, 1.54) is 12.1 Å². The first-order valence-electron chi connectivity index (χ1n) is 8.39. The molecule has 27 heavy (non-hydrogen) atoms. The molecule has 9 heteroatoms. The van der Waals surface area contributed by atoms with Crippen LogP contribution in [-0.4, -0.2) is 26.3 Å². The first kappa shape index (κ1) is 17.3. The number of amides is 2. The fraction of sp³-hybridized carbons (Fsp3) is 0.222. The number of hydrogen-bond acceptors (Lipinski definition) is 5. The smallest absolute Gasteiger partial charge is 0.265 e. The number of anilines is 3. The van der Waals surface area contributed by atoms with Gasteiger partial charge in [0.2, 0.25) is 5.91 Å². The second-order valence-corrected chi connectivity index (χ2v) is 8.12. The van der Waals surface area contributed by atoms with Crippen molar-refractivity contribution in [2.24, 2.45) is 0 Å². The first-order chi connectivity index (χ1) is 12.8. The van der Waals surface area contributed by atoms with E-state index in [1.54, 1.807) is 31.2 Å². The quantitative estimate of drug-likeness (QED) is 0.746. The Morgan fingerprint density at radius 1 is 1.04 bits per heavy atom. The molecule has 0 radical (unpaired) electrons. The van der Waals surface area contributed by atoms with E-state index in [0.717, 1.165) is 5.56 Å². The van der Waals surface area contributed by atoms with Crippen LogP contribution in [0.15, 0.2) is 41.3 Å². The number of rotatable bonds is 3. The Kier molecular flexibility index (Phi) is 4.03. The summed E-state index contributed by atoms with van der Waals surface area (Å²) in [5.41, 5.74) is 2.12. The van der Waals surface area contributed by atoms with Crippen molar-refractivity contribution in [3.05, 3.63) is 42.0 Å². The van der Waals surface area contributed by atoms with Crippen LogP contribution in [0.3, 0.4) is 0 Å². The van der Waals surface area contributed by atoms with Crippen molar-refractivity contribution in [3.8, 4) is 5.75 Å². The van der Waals surface area contributed by atoms with Crippen LogP contribution in [0, 0.1) is 0 Å². The number of nitrogens with one attached hydrogen (secondary N) is 3. The van der Waals surface area contributed by atoms with E-state index < -0.39 is 16.1 Å². The monoisotopic (exact) mass is 387 g/mol. The molecule has 2 aliphatic rings. The molecule has 4 rings (SSSR count). The van der Waals surface area contributed by atoms with E-state index in [-0.39, 0.29) is 16.7 Å². The average molecular weight is 387 g/mol. The number of sulfonamides is 1. The van der Waals surface area contributed by atoms with Crippen molar-refractivity contribution < 1.29 is 22.7 Å². The van der Waals surface area contributed by atoms with Crippen LogP contribution < -0.4 is 20.1 Å². The highest BCUT2D eigenvalue weighted by Gasteiger charge is 2.25. The second kappa shape index (κ2) is 6.27. The number of fused-ring (bicyclic) bond motifs is 2. The summed E-state index contributed by atoms with van der Waals surface area (Å²) in [7, 11) is -3.83. The minimum atomic E-state index is -3.83. The number of aryl methyl sites for hydroxylation is 1. The van der Waals surface area contributed by atoms with Gasteiger partial charge in [0, 0.05) is 12.1 Å². The molecule has 140 valence electrons. The van der Waals surface area contributed by atoms with Gasteiger partial charge in [0.1, 0.15) is 5.75 Å². The molecule has 0 aliphatic carbocycles. The lowest BCUT2D eigenvalue weighted by Gasteiger charge is -2.23. The fourth-order valence-electron chi connectivity index (χ4n) is 3.01. The zero-order valence-corrected chi connectivity index (χ0v) is 15.2. The highest BCUT2D eigenvalue weighted by Crippen LogP contribution is 2.33. The summed E-state index contributed by atoms with van der Waals surface area (Å²) >= 11 is 0. The van der Waals surface area contributed by atoms with Crippen molar-refractivity contribution in [3.63, 3.8) is 0 Å². The Morgan fingerprint density at radius 3 is 2.67 bits per heavy atom. The maximum absolute atomic E-state index is 12.7. The average Bonchev–Trinajstić information content (AvgIpc) is 2.62. The number of carbonyl (C=O) groups is 2. The van der Waals surface area contributed by atoms with Crippen molar-refractivity contribution in [2.45, 2.75) is 30.8 Å². The summed E-state index contributed by atoms with van der Waals surface area (Å²) < 4.78 is 33.4. The van der Waals surface area contributed by atoms with Gasteiger partial charge >= 0.3 is 0 Å². The molecule has 0 aromatic heterocycles. The third-order valence-corrected chi connectivity index (χ3v) is 5.82. The molecule has 2 heterocycles. The molecule has 2 aliphatic heterocycles. The van der Waals surface area contributed by atoms with Crippen LogP contribution in [0.2, 0.25) is 0 Å². The molecule has 3 N–H and O–H groups in total. The highest BCUT2D eigenvalue weighted by atomic mass is 32.2. The largest absolute Gasteiger partial charge is 0.479 e. The van der Waals surface area contributed by atoms with Crippen molar-refractivity contribution in [1.29, 1.82) is 0 Å².